The van der Waals surface area contributed by atoms with Crippen molar-refractivity contribution in [3.8, 4) is 0 Å². The number of nitrogens with zero attached hydrogens (tertiary/aromatic N) is 2. The molecule has 0 spiro atoms. The molecule has 0 atom stereocenters. The highest BCUT2D eigenvalue weighted by Crippen LogP contribution is 2.31. The molecule has 0 radical (unpaired) electrons. The van der Waals surface area contributed by atoms with E-state index in [-0.39, 0.29) is 16.9 Å². The van der Waals surface area contributed by atoms with Crippen molar-refractivity contribution in [2.45, 2.75) is 30.8 Å². The summed E-state index contributed by atoms with van der Waals surface area (Å²) < 4.78 is 27.4. The smallest absolute Gasteiger partial charge is 0.246 e. The molecule has 1 fully saturated rings. The van der Waals surface area contributed by atoms with E-state index in [0.717, 1.165) is 0 Å². The van der Waals surface area contributed by atoms with Crippen LogP contribution in [0.5, 0.6) is 0 Å². The zero-order chi connectivity index (χ0) is 15.6. The molecule has 0 saturated heterocycles. The number of pyridine rings is 1. The van der Waals surface area contributed by atoms with Crippen molar-refractivity contribution >= 4 is 31.8 Å². The lowest BCUT2D eigenvalue weighted by Crippen LogP contribution is -2.39. The minimum atomic E-state index is -3.61. The molecule has 0 bridgehead atoms. The summed E-state index contributed by atoms with van der Waals surface area (Å²) in [4.78, 5) is 4.31. The van der Waals surface area contributed by atoms with Gasteiger partial charge in [0.1, 0.15) is 10.7 Å². The average Bonchev–Trinajstić information content (AvgIpc) is 2.39. The van der Waals surface area contributed by atoms with Crippen LogP contribution in [0.15, 0.2) is 21.6 Å². The third kappa shape index (κ3) is 3.74. The summed E-state index contributed by atoms with van der Waals surface area (Å²) >= 11 is 3.27. The molecule has 118 valence electrons. The maximum atomic E-state index is 12.7. The molecule has 6 nitrogen and oxygen atoms in total. The number of aliphatic hydroxyl groups excluding tert-OH is 1. The van der Waals surface area contributed by atoms with Gasteiger partial charge in [-0.1, -0.05) is 0 Å². The Hall–Kier alpha value is -0.700. The fourth-order valence-electron chi connectivity index (χ4n) is 2.40. The number of aromatic nitrogens is 1. The number of anilines is 1. The van der Waals surface area contributed by atoms with E-state index in [1.807, 2.05) is 6.92 Å². The minimum Gasteiger partial charge on any atom is -0.393 e. The monoisotopic (exact) mass is 377 g/mol. The van der Waals surface area contributed by atoms with Gasteiger partial charge in [-0.25, -0.2) is 17.7 Å². The molecule has 2 N–H and O–H groups in total. The Bertz CT molecular complexity index is 603. The van der Waals surface area contributed by atoms with Gasteiger partial charge in [-0.3, -0.25) is 0 Å². The normalized spacial score (nSPS) is 22.1. The highest BCUT2D eigenvalue weighted by molar-refractivity contribution is 9.10. The first-order valence-corrected chi connectivity index (χ1v) is 9.11. The maximum Gasteiger partial charge on any atom is 0.246 e. The molecule has 1 aliphatic rings. The van der Waals surface area contributed by atoms with Crippen LogP contribution in [0, 0.1) is 5.92 Å². The second-order valence-corrected chi connectivity index (χ2v) is 8.24. The van der Waals surface area contributed by atoms with Gasteiger partial charge in [-0.15, -0.1) is 0 Å². The summed E-state index contributed by atoms with van der Waals surface area (Å²) in [5.74, 6) is 0.587. The van der Waals surface area contributed by atoms with Crippen molar-refractivity contribution in [2.24, 2.45) is 5.92 Å². The van der Waals surface area contributed by atoms with E-state index < -0.39 is 10.0 Å². The molecule has 1 heterocycles. The fraction of sp³-hybridized carbons (Fsp3) is 0.615. The Labute approximate surface area is 133 Å². The lowest BCUT2D eigenvalue weighted by atomic mass is 9.82. The summed E-state index contributed by atoms with van der Waals surface area (Å²) in [5, 5.41) is 12.3. The molecule has 1 aromatic rings. The van der Waals surface area contributed by atoms with Gasteiger partial charge in [0.15, 0.2) is 0 Å². The van der Waals surface area contributed by atoms with Crippen LogP contribution in [-0.4, -0.2) is 49.1 Å². The SMILES string of the molecule is CCNc1ncc(Br)cc1S(=O)(=O)N(C)CC1CC(O)C1. The van der Waals surface area contributed by atoms with Crippen LogP contribution in [-0.2, 0) is 10.0 Å². The highest BCUT2D eigenvalue weighted by atomic mass is 79.9. The second-order valence-electron chi connectivity index (χ2n) is 5.31. The molecular weight excluding hydrogens is 358 g/mol. The van der Waals surface area contributed by atoms with E-state index in [0.29, 0.717) is 36.2 Å². The van der Waals surface area contributed by atoms with E-state index in [4.69, 9.17) is 0 Å². The first-order chi connectivity index (χ1) is 9.84. The second kappa shape index (κ2) is 6.60. The zero-order valence-corrected chi connectivity index (χ0v) is 14.5. The van der Waals surface area contributed by atoms with Gasteiger partial charge in [0.2, 0.25) is 10.0 Å². The van der Waals surface area contributed by atoms with Crippen LogP contribution in [0.4, 0.5) is 5.82 Å². The van der Waals surface area contributed by atoms with Gasteiger partial charge in [-0.05, 0) is 47.7 Å². The highest BCUT2D eigenvalue weighted by Gasteiger charge is 2.32. The van der Waals surface area contributed by atoms with Crippen LogP contribution < -0.4 is 5.32 Å². The number of aliphatic hydroxyl groups is 1. The molecule has 0 aliphatic heterocycles. The summed E-state index contributed by atoms with van der Waals surface area (Å²) in [5.41, 5.74) is 0. The quantitative estimate of drug-likeness (QED) is 0.787. The first kappa shape index (κ1) is 16.7. The molecule has 8 heteroatoms. The van der Waals surface area contributed by atoms with Gasteiger partial charge in [-0.2, -0.15) is 0 Å². The van der Waals surface area contributed by atoms with E-state index in [2.05, 4.69) is 26.2 Å². The Morgan fingerprint density at radius 3 is 2.76 bits per heavy atom. The van der Waals surface area contributed by atoms with Gasteiger partial charge in [0.05, 0.1) is 6.10 Å². The third-order valence-electron chi connectivity index (χ3n) is 3.58. The Morgan fingerprint density at radius 1 is 1.52 bits per heavy atom. The number of halogens is 1. The van der Waals surface area contributed by atoms with Gasteiger partial charge >= 0.3 is 0 Å². The maximum absolute atomic E-state index is 12.7. The summed E-state index contributed by atoms with van der Waals surface area (Å²) in [6, 6.07) is 1.56. The largest absolute Gasteiger partial charge is 0.393 e. The van der Waals surface area contributed by atoms with Gasteiger partial charge in [0.25, 0.3) is 0 Å². The summed E-state index contributed by atoms with van der Waals surface area (Å²) in [6.07, 6.45) is 2.61. The predicted molar refractivity (Wildman–Crippen MR) is 84.6 cm³/mol. The first-order valence-electron chi connectivity index (χ1n) is 6.88. The molecule has 1 aliphatic carbocycles. The van der Waals surface area contributed by atoms with E-state index in [9.17, 15) is 13.5 Å². The molecule has 0 unspecified atom stereocenters. The van der Waals surface area contributed by atoms with Crippen molar-refractivity contribution in [3.05, 3.63) is 16.7 Å². The standard InChI is InChI=1S/C13H20BrN3O3S/c1-3-15-13-12(6-10(14)7-16-13)21(19,20)17(2)8-9-4-11(18)5-9/h6-7,9,11,18H,3-5,8H2,1-2H3,(H,15,16). The molecule has 1 aromatic heterocycles. The van der Waals surface area contributed by atoms with Crippen molar-refractivity contribution in [1.29, 1.82) is 0 Å². The minimum absolute atomic E-state index is 0.168. The van der Waals surface area contributed by atoms with Crippen molar-refractivity contribution in [1.82, 2.24) is 9.29 Å². The number of sulfonamides is 1. The lowest BCUT2D eigenvalue weighted by molar-refractivity contribution is 0.0367. The molecule has 0 aromatic carbocycles. The Morgan fingerprint density at radius 2 is 2.19 bits per heavy atom. The Kier molecular flexibility index (Phi) is 5.24. The Balaban J connectivity index is 2.23. The number of hydrogen-bond donors (Lipinski definition) is 2. The zero-order valence-electron chi connectivity index (χ0n) is 12.1. The molecule has 1 saturated carbocycles. The number of rotatable bonds is 6. The van der Waals surface area contributed by atoms with Crippen LogP contribution >= 0.6 is 15.9 Å². The van der Waals surface area contributed by atoms with E-state index in [1.165, 1.54) is 4.31 Å². The number of hydrogen-bond acceptors (Lipinski definition) is 5. The predicted octanol–water partition coefficient (Wildman–Crippen LogP) is 1.67. The van der Waals surface area contributed by atoms with E-state index >= 15 is 0 Å². The van der Waals surface area contributed by atoms with Crippen molar-refractivity contribution in [3.63, 3.8) is 0 Å². The van der Waals surface area contributed by atoms with Crippen molar-refractivity contribution < 1.29 is 13.5 Å². The van der Waals surface area contributed by atoms with Gasteiger partial charge in [0, 0.05) is 30.8 Å². The average molecular weight is 378 g/mol. The van der Waals surface area contributed by atoms with E-state index in [1.54, 1.807) is 19.3 Å². The summed E-state index contributed by atoms with van der Waals surface area (Å²) in [6.45, 7) is 2.90. The molecule has 2 rings (SSSR count). The topological polar surface area (TPSA) is 82.5 Å². The van der Waals surface area contributed by atoms with Crippen LogP contribution in [0.3, 0.4) is 0 Å². The van der Waals surface area contributed by atoms with Crippen LogP contribution in [0.25, 0.3) is 0 Å². The molecule has 21 heavy (non-hydrogen) atoms. The lowest BCUT2D eigenvalue weighted by Gasteiger charge is -2.34. The van der Waals surface area contributed by atoms with Crippen molar-refractivity contribution in [2.75, 3.05) is 25.5 Å². The van der Waals surface area contributed by atoms with Gasteiger partial charge < -0.3 is 10.4 Å². The van der Waals surface area contributed by atoms with Crippen LogP contribution in [0.2, 0.25) is 0 Å². The molecule has 0 amide bonds. The number of nitrogens with one attached hydrogen (secondary N) is 1. The molecular formula is C13H20BrN3O3S. The summed E-state index contributed by atoms with van der Waals surface area (Å²) in [7, 11) is -2.04. The third-order valence-corrected chi connectivity index (χ3v) is 5.85. The fourth-order valence-corrected chi connectivity index (χ4v) is 4.27. The van der Waals surface area contributed by atoms with Crippen LogP contribution in [0.1, 0.15) is 19.8 Å².